The number of carbonyl (C=O) groups excluding carboxylic acids is 2. The molecule has 0 spiro atoms. The highest BCUT2D eigenvalue weighted by atomic mass is 16.6. The number of nitrogens with zero attached hydrogens (tertiary/aromatic N) is 1. The van der Waals surface area contributed by atoms with Gasteiger partial charge in [-0.05, 0) is 31.2 Å². The first kappa shape index (κ1) is 17.1. The van der Waals surface area contributed by atoms with Crippen molar-refractivity contribution in [3.8, 4) is 17.2 Å². The molecule has 27 heavy (non-hydrogen) atoms. The molecule has 0 fully saturated rings. The fourth-order valence-corrected chi connectivity index (χ4v) is 3.23. The van der Waals surface area contributed by atoms with E-state index in [4.69, 9.17) is 14.2 Å². The molecular formula is C19H19N3O5. The standard InChI is InChI=1S/C19H19N3O5/c1-3-25-18(23)16-10(2)12-8-11(4-5-14(12)27-16)26-15-6-7-20-17-13(15)9-21-19(24)22-17/h4-8,10,16H,3,9H2,1-2H3,(H2,20,21,22,24)/t10-,16+/m0/s1. The third kappa shape index (κ3) is 3.14. The summed E-state index contributed by atoms with van der Waals surface area (Å²) >= 11 is 0. The molecule has 2 amide bonds. The Balaban J connectivity index is 1.58. The van der Waals surface area contributed by atoms with Gasteiger partial charge < -0.3 is 19.5 Å². The van der Waals surface area contributed by atoms with Gasteiger partial charge in [-0.2, -0.15) is 0 Å². The van der Waals surface area contributed by atoms with E-state index < -0.39 is 6.10 Å². The Morgan fingerprint density at radius 2 is 2.22 bits per heavy atom. The van der Waals surface area contributed by atoms with Crippen molar-refractivity contribution in [3.05, 3.63) is 41.6 Å². The van der Waals surface area contributed by atoms with Gasteiger partial charge in [0.05, 0.1) is 18.7 Å². The number of hydrogen-bond acceptors (Lipinski definition) is 6. The summed E-state index contributed by atoms with van der Waals surface area (Å²) in [5.41, 5.74) is 1.66. The Hall–Kier alpha value is -3.29. The molecule has 2 aromatic rings. The van der Waals surface area contributed by atoms with Crippen molar-refractivity contribution in [2.75, 3.05) is 11.9 Å². The van der Waals surface area contributed by atoms with Crippen LogP contribution in [0, 0.1) is 0 Å². The molecule has 0 radical (unpaired) electrons. The fraction of sp³-hybridized carbons (Fsp3) is 0.316. The number of fused-ring (bicyclic) bond motifs is 2. The van der Waals surface area contributed by atoms with E-state index in [-0.39, 0.29) is 17.9 Å². The first-order chi connectivity index (χ1) is 13.1. The van der Waals surface area contributed by atoms with Crippen molar-refractivity contribution in [1.29, 1.82) is 0 Å². The molecule has 4 rings (SSSR count). The highest BCUT2D eigenvalue weighted by molar-refractivity contribution is 5.91. The molecule has 8 heteroatoms. The number of esters is 1. The highest BCUT2D eigenvalue weighted by Gasteiger charge is 2.37. The Morgan fingerprint density at radius 1 is 1.37 bits per heavy atom. The molecule has 0 saturated heterocycles. The van der Waals surface area contributed by atoms with Gasteiger partial charge in [-0.3, -0.25) is 5.32 Å². The van der Waals surface area contributed by atoms with Gasteiger partial charge in [0.1, 0.15) is 23.1 Å². The summed E-state index contributed by atoms with van der Waals surface area (Å²) in [7, 11) is 0. The molecule has 8 nitrogen and oxygen atoms in total. The Kier molecular flexibility index (Phi) is 4.31. The van der Waals surface area contributed by atoms with Crippen LogP contribution in [0.1, 0.15) is 30.9 Å². The van der Waals surface area contributed by atoms with Gasteiger partial charge in [0.15, 0.2) is 0 Å². The van der Waals surface area contributed by atoms with Crippen LogP contribution in [-0.2, 0) is 16.1 Å². The van der Waals surface area contributed by atoms with Gasteiger partial charge in [-0.1, -0.05) is 6.92 Å². The van der Waals surface area contributed by atoms with E-state index >= 15 is 0 Å². The quantitative estimate of drug-likeness (QED) is 0.804. The predicted molar refractivity (Wildman–Crippen MR) is 96.1 cm³/mol. The smallest absolute Gasteiger partial charge is 0.347 e. The lowest BCUT2D eigenvalue weighted by atomic mass is 9.97. The van der Waals surface area contributed by atoms with Crippen LogP contribution < -0.4 is 20.1 Å². The fourth-order valence-electron chi connectivity index (χ4n) is 3.23. The van der Waals surface area contributed by atoms with E-state index in [0.717, 1.165) is 11.1 Å². The van der Waals surface area contributed by atoms with E-state index in [9.17, 15) is 9.59 Å². The van der Waals surface area contributed by atoms with Crippen molar-refractivity contribution in [2.24, 2.45) is 0 Å². The molecular weight excluding hydrogens is 350 g/mol. The van der Waals surface area contributed by atoms with E-state index in [1.165, 1.54) is 0 Å². The third-order valence-corrected chi connectivity index (χ3v) is 4.60. The van der Waals surface area contributed by atoms with Crippen molar-refractivity contribution < 1.29 is 23.8 Å². The van der Waals surface area contributed by atoms with E-state index in [0.29, 0.717) is 36.2 Å². The number of carbonyl (C=O) groups is 2. The average molecular weight is 369 g/mol. The molecule has 2 aliphatic heterocycles. The van der Waals surface area contributed by atoms with Crippen LogP contribution in [0.15, 0.2) is 30.5 Å². The summed E-state index contributed by atoms with van der Waals surface area (Å²) in [5, 5.41) is 5.35. The second-order valence-electron chi connectivity index (χ2n) is 6.32. The lowest BCUT2D eigenvalue weighted by Crippen LogP contribution is -2.34. The maximum Gasteiger partial charge on any atom is 0.347 e. The van der Waals surface area contributed by atoms with Crippen LogP contribution in [0.5, 0.6) is 17.2 Å². The molecule has 140 valence electrons. The number of rotatable bonds is 4. The molecule has 0 saturated carbocycles. The minimum Gasteiger partial charge on any atom is -0.478 e. The summed E-state index contributed by atoms with van der Waals surface area (Å²) in [6.45, 7) is 4.34. The van der Waals surface area contributed by atoms with Crippen LogP contribution in [0.4, 0.5) is 10.6 Å². The van der Waals surface area contributed by atoms with Gasteiger partial charge in [0, 0.05) is 17.7 Å². The summed E-state index contributed by atoms with van der Waals surface area (Å²) < 4.78 is 16.8. The number of anilines is 1. The number of benzene rings is 1. The van der Waals surface area contributed by atoms with Gasteiger partial charge in [-0.15, -0.1) is 0 Å². The predicted octanol–water partition coefficient (Wildman–Crippen LogP) is 2.94. The molecule has 0 aliphatic carbocycles. The summed E-state index contributed by atoms with van der Waals surface area (Å²) in [5.74, 6) is 1.83. The Bertz CT molecular complexity index is 914. The lowest BCUT2D eigenvalue weighted by Gasteiger charge is -2.20. The zero-order valence-corrected chi connectivity index (χ0v) is 14.9. The first-order valence-corrected chi connectivity index (χ1v) is 8.74. The maximum atomic E-state index is 12.1. The second-order valence-corrected chi connectivity index (χ2v) is 6.32. The monoisotopic (exact) mass is 369 g/mol. The molecule has 0 bridgehead atoms. The zero-order chi connectivity index (χ0) is 19.0. The number of nitrogens with one attached hydrogen (secondary N) is 2. The second kappa shape index (κ2) is 6.79. The van der Waals surface area contributed by atoms with Crippen molar-refractivity contribution in [3.63, 3.8) is 0 Å². The largest absolute Gasteiger partial charge is 0.478 e. The van der Waals surface area contributed by atoms with Gasteiger partial charge >= 0.3 is 12.0 Å². The number of amides is 2. The number of hydrogen-bond donors (Lipinski definition) is 2. The molecule has 0 unspecified atom stereocenters. The van der Waals surface area contributed by atoms with E-state index in [1.807, 2.05) is 13.0 Å². The number of ether oxygens (including phenoxy) is 3. The first-order valence-electron chi connectivity index (χ1n) is 8.74. The average Bonchev–Trinajstić information content (AvgIpc) is 2.98. The normalized spacial score (nSPS) is 19.9. The van der Waals surface area contributed by atoms with Crippen LogP contribution in [0.2, 0.25) is 0 Å². The van der Waals surface area contributed by atoms with Crippen LogP contribution >= 0.6 is 0 Å². The topological polar surface area (TPSA) is 98.8 Å². The molecule has 3 heterocycles. The Labute approximate surface area is 155 Å². The number of urea groups is 1. The molecule has 2 N–H and O–H groups in total. The third-order valence-electron chi connectivity index (χ3n) is 4.60. The summed E-state index contributed by atoms with van der Waals surface area (Å²) in [4.78, 5) is 27.7. The zero-order valence-electron chi connectivity index (χ0n) is 14.9. The molecule has 1 aromatic carbocycles. The molecule has 2 atom stereocenters. The van der Waals surface area contributed by atoms with E-state index in [2.05, 4.69) is 15.6 Å². The van der Waals surface area contributed by atoms with Gasteiger partial charge in [0.25, 0.3) is 0 Å². The van der Waals surface area contributed by atoms with Gasteiger partial charge in [-0.25, -0.2) is 14.6 Å². The van der Waals surface area contributed by atoms with Gasteiger partial charge in [0.2, 0.25) is 6.10 Å². The lowest BCUT2D eigenvalue weighted by molar-refractivity contribution is -0.151. The van der Waals surface area contributed by atoms with Crippen molar-refractivity contribution in [2.45, 2.75) is 32.4 Å². The number of pyridine rings is 1. The number of aromatic nitrogens is 1. The minimum atomic E-state index is -0.650. The summed E-state index contributed by atoms with van der Waals surface area (Å²) in [6.07, 6.45) is 0.929. The molecule has 2 aliphatic rings. The van der Waals surface area contributed by atoms with Crippen LogP contribution in [0.3, 0.4) is 0 Å². The minimum absolute atomic E-state index is 0.144. The maximum absolute atomic E-state index is 12.1. The Morgan fingerprint density at radius 3 is 3.04 bits per heavy atom. The SMILES string of the molecule is CCOC(=O)[C@@H]1Oc2ccc(Oc3ccnc4c3CNC(=O)N4)cc2[C@@H]1C. The van der Waals surface area contributed by atoms with Crippen LogP contribution in [0.25, 0.3) is 0 Å². The molecule has 1 aromatic heterocycles. The van der Waals surface area contributed by atoms with Crippen molar-refractivity contribution in [1.82, 2.24) is 10.3 Å². The van der Waals surface area contributed by atoms with Crippen LogP contribution in [-0.4, -0.2) is 29.7 Å². The summed E-state index contributed by atoms with van der Waals surface area (Å²) in [6, 6.07) is 6.88. The highest BCUT2D eigenvalue weighted by Crippen LogP contribution is 2.41. The van der Waals surface area contributed by atoms with Crippen molar-refractivity contribution >= 4 is 17.8 Å². The van der Waals surface area contributed by atoms with E-state index in [1.54, 1.807) is 31.3 Å².